The third-order valence-electron chi connectivity index (χ3n) is 3.41. The zero-order valence-corrected chi connectivity index (χ0v) is 10.7. The van der Waals surface area contributed by atoms with Gasteiger partial charge < -0.3 is 15.4 Å². The van der Waals surface area contributed by atoms with Crippen LogP contribution in [0.1, 0.15) is 12.5 Å². The van der Waals surface area contributed by atoms with Crippen molar-refractivity contribution in [1.82, 2.24) is 4.90 Å². The molecule has 5 heteroatoms. The van der Waals surface area contributed by atoms with Crippen LogP contribution in [0.15, 0.2) is 29.3 Å². The van der Waals surface area contributed by atoms with Crippen LogP contribution in [0.5, 0.6) is 0 Å². The summed E-state index contributed by atoms with van der Waals surface area (Å²) < 4.78 is 18.1. The van der Waals surface area contributed by atoms with E-state index in [1.165, 1.54) is 12.1 Å². The summed E-state index contributed by atoms with van der Waals surface area (Å²) in [6.07, 6.45) is 0. The molecule has 2 rings (SSSR count). The van der Waals surface area contributed by atoms with Crippen LogP contribution in [-0.4, -0.2) is 37.7 Å². The number of nitrogens with two attached hydrogens (primary N) is 1. The third kappa shape index (κ3) is 2.18. The molecule has 0 aliphatic carbocycles. The molecule has 1 aliphatic rings. The number of methoxy groups -OCH3 is 1. The Morgan fingerprint density at radius 2 is 2.11 bits per heavy atom. The summed E-state index contributed by atoms with van der Waals surface area (Å²) in [5.74, 6) is 0.275. The molecule has 1 aliphatic heterocycles. The van der Waals surface area contributed by atoms with Crippen molar-refractivity contribution in [2.24, 2.45) is 10.7 Å². The molecule has 0 fully saturated rings. The van der Waals surface area contributed by atoms with Gasteiger partial charge in [0.2, 0.25) is 0 Å². The summed E-state index contributed by atoms with van der Waals surface area (Å²) in [5.41, 5.74) is 6.59. The van der Waals surface area contributed by atoms with Crippen molar-refractivity contribution in [3.05, 3.63) is 35.6 Å². The first-order valence-electron chi connectivity index (χ1n) is 5.90. The van der Waals surface area contributed by atoms with Crippen molar-refractivity contribution >= 4 is 5.96 Å². The largest absolute Gasteiger partial charge is 0.383 e. The van der Waals surface area contributed by atoms with Gasteiger partial charge in [-0.05, 0) is 24.6 Å². The molecule has 1 aromatic carbocycles. The SMILES string of the molecule is COCCN1C(N)=NCC1(C)c1ccc(F)cc1. The van der Waals surface area contributed by atoms with Gasteiger partial charge in [0.1, 0.15) is 5.82 Å². The average molecular weight is 251 g/mol. The monoisotopic (exact) mass is 251 g/mol. The Kier molecular flexibility index (Phi) is 3.52. The number of guanidine groups is 1. The summed E-state index contributed by atoms with van der Waals surface area (Å²) >= 11 is 0. The number of hydrogen-bond acceptors (Lipinski definition) is 4. The Morgan fingerprint density at radius 3 is 2.72 bits per heavy atom. The molecule has 1 aromatic rings. The second kappa shape index (κ2) is 4.94. The zero-order chi connectivity index (χ0) is 13.2. The van der Waals surface area contributed by atoms with E-state index in [0.717, 1.165) is 5.56 Å². The number of ether oxygens (including phenoxy) is 1. The molecule has 0 amide bonds. The summed E-state index contributed by atoms with van der Waals surface area (Å²) in [4.78, 5) is 6.30. The Morgan fingerprint density at radius 1 is 1.44 bits per heavy atom. The lowest BCUT2D eigenvalue weighted by Gasteiger charge is -2.36. The Hall–Kier alpha value is -1.62. The van der Waals surface area contributed by atoms with Crippen LogP contribution >= 0.6 is 0 Å². The fourth-order valence-electron chi connectivity index (χ4n) is 2.26. The average Bonchev–Trinajstić information content (AvgIpc) is 2.65. The zero-order valence-electron chi connectivity index (χ0n) is 10.7. The van der Waals surface area contributed by atoms with E-state index in [-0.39, 0.29) is 11.4 Å². The van der Waals surface area contributed by atoms with Crippen molar-refractivity contribution in [3.63, 3.8) is 0 Å². The number of hydrogen-bond donors (Lipinski definition) is 1. The van der Waals surface area contributed by atoms with E-state index < -0.39 is 0 Å². The highest BCUT2D eigenvalue weighted by Crippen LogP contribution is 2.32. The third-order valence-corrected chi connectivity index (χ3v) is 3.41. The van der Waals surface area contributed by atoms with E-state index in [9.17, 15) is 4.39 Å². The van der Waals surface area contributed by atoms with Gasteiger partial charge in [0.25, 0.3) is 0 Å². The van der Waals surface area contributed by atoms with Crippen LogP contribution in [0.3, 0.4) is 0 Å². The molecule has 18 heavy (non-hydrogen) atoms. The van der Waals surface area contributed by atoms with E-state index in [1.807, 2.05) is 4.90 Å². The lowest BCUT2D eigenvalue weighted by atomic mass is 9.91. The molecule has 0 saturated carbocycles. The molecular weight excluding hydrogens is 233 g/mol. The molecule has 0 bridgehead atoms. The van der Waals surface area contributed by atoms with Crippen LogP contribution in [0.4, 0.5) is 4.39 Å². The Labute approximate surface area is 106 Å². The van der Waals surface area contributed by atoms with Gasteiger partial charge in [0.15, 0.2) is 5.96 Å². The predicted molar refractivity (Wildman–Crippen MR) is 68.8 cm³/mol. The first-order chi connectivity index (χ1) is 8.58. The number of halogens is 1. The molecule has 0 aromatic heterocycles. The summed E-state index contributed by atoms with van der Waals surface area (Å²) in [5, 5.41) is 0. The first-order valence-corrected chi connectivity index (χ1v) is 5.90. The quantitative estimate of drug-likeness (QED) is 0.878. The number of rotatable bonds is 4. The smallest absolute Gasteiger partial charge is 0.192 e. The fourth-order valence-corrected chi connectivity index (χ4v) is 2.26. The van der Waals surface area contributed by atoms with E-state index in [1.54, 1.807) is 19.2 Å². The Bertz CT molecular complexity index is 446. The molecule has 1 atom stereocenters. The molecule has 1 heterocycles. The minimum Gasteiger partial charge on any atom is -0.383 e. The van der Waals surface area contributed by atoms with Gasteiger partial charge in [0, 0.05) is 13.7 Å². The van der Waals surface area contributed by atoms with E-state index >= 15 is 0 Å². The molecule has 2 N–H and O–H groups in total. The number of benzene rings is 1. The highest BCUT2D eigenvalue weighted by atomic mass is 19.1. The van der Waals surface area contributed by atoms with Gasteiger partial charge >= 0.3 is 0 Å². The van der Waals surface area contributed by atoms with Crippen molar-refractivity contribution in [2.45, 2.75) is 12.5 Å². The maximum Gasteiger partial charge on any atom is 0.192 e. The molecule has 1 unspecified atom stereocenters. The van der Waals surface area contributed by atoms with Gasteiger partial charge in [-0.25, -0.2) is 4.39 Å². The highest BCUT2D eigenvalue weighted by molar-refractivity contribution is 5.81. The van der Waals surface area contributed by atoms with Crippen LogP contribution in [0.25, 0.3) is 0 Å². The minimum atomic E-state index is -0.323. The van der Waals surface area contributed by atoms with Crippen molar-refractivity contribution in [1.29, 1.82) is 0 Å². The molecule has 0 radical (unpaired) electrons. The van der Waals surface area contributed by atoms with E-state index in [2.05, 4.69) is 11.9 Å². The minimum absolute atomic E-state index is 0.238. The lowest BCUT2D eigenvalue weighted by molar-refractivity contribution is 0.137. The van der Waals surface area contributed by atoms with Crippen LogP contribution in [-0.2, 0) is 10.3 Å². The van der Waals surface area contributed by atoms with Crippen LogP contribution in [0, 0.1) is 5.82 Å². The number of nitrogens with zero attached hydrogens (tertiary/aromatic N) is 2. The first kappa shape index (κ1) is 12.8. The van der Waals surface area contributed by atoms with Gasteiger partial charge in [-0.15, -0.1) is 0 Å². The van der Waals surface area contributed by atoms with Crippen molar-refractivity contribution < 1.29 is 9.13 Å². The molecular formula is C13H18FN3O. The summed E-state index contributed by atoms with van der Waals surface area (Å²) in [6.45, 7) is 3.88. The number of aliphatic imine (C=N–C) groups is 1. The molecule has 98 valence electrons. The van der Waals surface area contributed by atoms with Crippen LogP contribution in [0.2, 0.25) is 0 Å². The predicted octanol–water partition coefficient (Wildman–Crippen LogP) is 1.32. The van der Waals surface area contributed by atoms with Gasteiger partial charge in [-0.3, -0.25) is 4.99 Å². The van der Waals surface area contributed by atoms with Gasteiger partial charge in [0.05, 0.1) is 18.7 Å². The van der Waals surface area contributed by atoms with Crippen LogP contribution < -0.4 is 5.73 Å². The second-order valence-electron chi connectivity index (χ2n) is 4.60. The van der Waals surface area contributed by atoms with E-state index in [4.69, 9.17) is 10.5 Å². The maximum absolute atomic E-state index is 13.0. The highest BCUT2D eigenvalue weighted by Gasteiger charge is 2.39. The second-order valence-corrected chi connectivity index (χ2v) is 4.60. The maximum atomic E-state index is 13.0. The summed E-state index contributed by atoms with van der Waals surface area (Å²) in [6, 6.07) is 6.49. The Balaban J connectivity index is 2.26. The van der Waals surface area contributed by atoms with Gasteiger partial charge in [-0.1, -0.05) is 12.1 Å². The topological polar surface area (TPSA) is 50.9 Å². The molecule has 0 spiro atoms. The van der Waals surface area contributed by atoms with Crippen molar-refractivity contribution in [3.8, 4) is 0 Å². The molecule has 0 saturated heterocycles. The van der Waals surface area contributed by atoms with Crippen molar-refractivity contribution in [2.75, 3.05) is 26.8 Å². The normalized spacial score (nSPS) is 23.3. The lowest BCUT2D eigenvalue weighted by Crippen LogP contribution is -2.48. The van der Waals surface area contributed by atoms with E-state index in [0.29, 0.717) is 25.7 Å². The molecule has 4 nitrogen and oxygen atoms in total. The summed E-state index contributed by atoms with van der Waals surface area (Å²) in [7, 11) is 1.65. The fraction of sp³-hybridized carbons (Fsp3) is 0.462. The standard InChI is InChI=1S/C13H18FN3O/c1-13(10-3-5-11(14)6-4-10)9-16-12(15)17(13)7-8-18-2/h3-6H,7-9H2,1-2H3,(H2,15,16). The van der Waals surface area contributed by atoms with Gasteiger partial charge in [-0.2, -0.15) is 0 Å².